The summed E-state index contributed by atoms with van der Waals surface area (Å²) in [7, 11) is 1.47. The summed E-state index contributed by atoms with van der Waals surface area (Å²) in [6.07, 6.45) is 0. The average Bonchev–Trinajstić information content (AvgIpc) is 2.14. The number of nitrogens with one attached hydrogen (secondary N) is 1. The minimum atomic E-state index is -0.371. The summed E-state index contributed by atoms with van der Waals surface area (Å²) in [5, 5.41) is 2.58. The van der Waals surface area contributed by atoms with Crippen LogP contribution < -0.4 is 10.1 Å². The van der Waals surface area contributed by atoms with E-state index in [9.17, 15) is 9.18 Å². The van der Waals surface area contributed by atoms with Gasteiger partial charge < -0.3 is 10.1 Å². The van der Waals surface area contributed by atoms with E-state index in [1.54, 1.807) is 6.07 Å². The normalized spacial score (nSPS) is 9.64. The lowest BCUT2D eigenvalue weighted by atomic mass is 10.2. The van der Waals surface area contributed by atoms with Gasteiger partial charge in [0.2, 0.25) is 5.91 Å². The Morgan fingerprint density at radius 1 is 1.50 bits per heavy atom. The maximum Gasteiger partial charge on any atom is 0.217 e. The molecule has 0 saturated carbocycles. The number of methoxy groups -OCH3 is 1. The summed E-state index contributed by atoms with van der Waals surface area (Å²) in [5.41, 5.74) is 0.678. The molecule has 3 nitrogen and oxygen atoms in total. The smallest absolute Gasteiger partial charge is 0.217 e. The van der Waals surface area contributed by atoms with Crippen LogP contribution in [0.2, 0.25) is 0 Å². The van der Waals surface area contributed by atoms with Gasteiger partial charge in [0.05, 0.1) is 7.11 Å². The van der Waals surface area contributed by atoms with Gasteiger partial charge in [-0.05, 0) is 17.7 Å². The zero-order chi connectivity index (χ0) is 10.6. The summed E-state index contributed by atoms with van der Waals surface area (Å²) < 4.78 is 17.8. The minimum absolute atomic E-state index is 0.145. The third-order valence-corrected chi connectivity index (χ3v) is 1.71. The van der Waals surface area contributed by atoms with Crippen LogP contribution in [0.15, 0.2) is 18.2 Å². The van der Waals surface area contributed by atoms with E-state index in [1.165, 1.54) is 26.2 Å². The highest BCUT2D eigenvalue weighted by Crippen LogP contribution is 2.15. The van der Waals surface area contributed by atoms with Crippen LogP contribution in [0, 0.1) is 5.82 Å². The highest BCUT2D eigenvalue weighted by Gasteiger charge is 2.01. The Balaban J connectivity index is 2.76. The van der Waals surface area contributed by atoms with Gasteiger partial charge in [0.25, 0.3) is 0 Å². The number of carbonyl (C=O) groups excluding carboxylic acids is 1. The Labute approximate surface area is 81.9 Å². The van der Waals surface area contributed by atoms with Crippen LogP contribution in [0.1, 0.15) is 12.5 Å². The molecule has 1 aromatic carbocycles. The number of hydrogen-bond acceptors (Lipinski definition) is 2. The van der Waals surface area contributed by atoms with Crippen molar-refractivity contribution in [2.75, 3.05) is 7.11 Å². The molecule has 1 rings (SSSR count). The fraction of sp³-hybridized carbons (Fsp3) is 0.300. The Hall–Kier alpha value is -1.58. The molecule has 0 aromatic heterocycles. The third kappa shape index (κ3) is 3.05. The molecule has 0 atom stereocenters. The molecule has 0 fully saturated rings. The fourth-order valence-corrected chi connectivity index (χ4v) is 1.07. The number of ether oxygens (including phenoxy) is 1. The van der Waals surface area contributed by atoms with Crippen molar-refractivity contribution in [3.63, 3.8) is 0 Å². The second-order valence-corrected chi connectivity index (χ2v) is 2.91. The van der Waals surface area contributed by atoms with E-state index >= 15 is 0 Å². The van der Waals surface area contributed by atoms with Crippen LogP contribution in [-0.4, -0.2) is 13.0 Å². The molecular weight excluding hydrogens is 185 g/mol. The van der Waals surface area contributed by atoms with Gasteiger partial charge in [-0.1, -0.05) is 0 Å². The van der Waals surface area contributed by atoms with Gasteiger partial charge in [0.15, 0.2) is 0 Å². The van der Waals surface area contributed by atoms with E-state index in [-0.39, 0.29) is 11.7 Å². The van der Waals surface area contributed by atoms with Crippen molar-refractivity contribution in [3.8, 4) is 5.75 Å². The highest BCUT2D eigenvalue weighted by molar-refractivity contribution is 5.72. The molecule has 0 saturated heterocycles. The average molecular weight is 197 g/mol. The van der Waals surface area contributed by atoms with Crippen LogP contribution in [0.4, 0.5) is 4.39 Å². The van der Waals surface area contributed by atoms with E-state index in [4.69, 9.17) is 4.74 Å². The zero-order valence-electron chi connectivity index (χ0n) is 8.13. The Bertz CT molecular complexity index is 339. The van der Waals surface area contributed by atoms with Gasteiger partial charge in [-0.15, -0.1) is 0 Å². The molecule has 4 heteroatoms. The molecule has 76 valence electrons. The molecule has 0 radical (unpaired) electrons. The molecule has 1 N–H and O–H groups in total. The molecule has 0 heterocycles. The molecule has 14 heavy (non-hydrogen) atoms. The molecule has 1 amide bonds. The van der Waals surface area contributed by atoms with E-state index in [2.05, 4.69) is 5.32 Å². The van der Waals surface area contributed by atoms with Crippen molar-refractivity contribution in [1.82, 2.24) is 5.32 Å². The number of benzene rings is 1. The summed E-state index contributed by atoms with van der Waals surface area (Å²) >= 11 is 0. The number of halogens is 1. The first-order chi connectivity index (χ1) is 6.61. The first kappa shape index (κ1) is 10.5. The predicted octanol–water partition coefficient (Wildman–Crippen LogP) is 1.47. The van der Waals surface area contributed by atoms with Crippen molar-refractivity contribution in [2.45, 2.75) is 13.5 Å². The minimum Gasteiger partial charge on any atom is -0.497 e. The zero-order valence-corrected chi connectivity index (χ0v) is 8.13. The first-order valence-electron chi connectivity index (χ1n) is 4.19. The van der Waals surface area contributed by atoms with Gasteiger partial charge in [-0.25, -0.2) is 4.39 Å². The molecule has 0 aliphatic rings. The summed E-state index contributed by atoms with van der Waals surface area (Å²) in [6.45, 7) is 1.72. The summed E-state index contributed by atoms with van der Waals surface area (Å²) in [4.78, 5) is 10.6. The molecule has 0 spiro atoms. The second-order valence-electron chi connectivity index (χ2n) is 2.91. The Morgan fingerprint density at radius 3 is 2.79 bits per heavy atom. The number of amides is 1. The van der Waals surface area contributed by atoms with Crippen LogP contribution in [-0.2, 0) is 11.3 Å². The largest absolute Gasteiger partial charge is 0.497 e. The van der Waals surface area contributed by atoms with Crippen molar-refractivity contribution >= 4 is 5.91 Å². The van der Waals surface area contributed by atoms with Gasteiger partial charge in [0.1, 0.15) is 11.6 Å². The molecule has 0 aliphatic carbocycles. The Morgan fingerprint density at radius 2 is 2.21 bits per heavy atom. The van der Waals surface area contributed by atoms with Crippen LogP contribution in [0.25, 0.3) is 0 Å². The van der Waals surface area contributed by atoms with Crippen LogP contribution in [0.5, 0.6) is 5.75 Å². The number of rotatable bonds is 3. The fourth-order valence-electron chi connectivity index (χ4n) is 1.07. The second kappa shape index (κ2) is 4.60. The maximum absolute atomic E-state index is 12.9. The lowest BCUT2D eigenvalue weighted by Gasteiger charge is -2.05. The Kier molecular flexibility index (Phi) is 3.45. The summed E-state index contributed by atoms with van der Waals surface area (Å²) in [6, 6.07) is 4.33. The van der Waals surface area contributed by atoms with Crippen molar-refractivity contribution in [3.05, 3.63) is 29.6 Å². The van der Waals surface area contributed by atoms with Crippen molar-refractivity contribution in [2.24, 2.45) is 0 Å². The van der Waals surface area contributed by atoms with Crippen LogP contribution in [0.3, 0.4) is 0 Å². The van der Waals surface area contributed by atoms with Crippen molar-refractivity contribution < 1.29 is 13.9 Å². The number of hydrogen-bond donors (Lipinski definition) is 1. The van der Waals surface area contributed by atoms with E-state index in [1.807, 2.05) is 0 Å². The lowest BCUT2D eigenvalue weighted by molar-refractivity contribution is -0.119. The number of carbonyl (C=O) groups is 1. The predicted molar refractivity (Wildman–Crippen MR) is 50.5 cm³/mol. The quantitative estimate of drug-likeness (QED) is 0.796. The first-order valence-corrected chi connectivity index (χ1v) is 4.19. The molecule has 1 aromatic rings. The molecule has 0 unspecified atom stereocenters. The van der Waals surface area contributed by atoms with Gasteiger partial charge in [0, 0.05) is 19.5 Å². The van der Waals surface area contributed by atoms with Gasteiger partial charge in [-0.2, -0.15) is 0 Å². The molecular formula is C10H12FNO2. The maximum atomic E-state index is 12.9. The monoisotopic (exact) mass is 197 g/mol. The molecule has 0 aliphatic heterocycles. The lowest BCUT2D eigenvalue weighted by Crippen LogP contribution is -2.18. The summed E-state index contributed by atoms with van der Waals surface area (Å²) in [5.74, 6) is -0.0664. The van der Waals surface area contributed by atoms with Gasteiger partial charge >= 0.3 is 0 Å². The van der Waals surface area contributed by atoms with E-state index < -0.39 is 0 Å². The van der Waals surface area contributed by atoms with E-state index in [0.29, 0.717) is 17.9 Å². The van der Waals surface area contributed by atoms with Gasteiger partial charge in [-0.3, -0.25) is 4.79 Å². The van der Waals surface area contributed by atoms with Crippen molar-refractivity contribution in [1.29, 1.82) is 0 Å². The SMILES string of the molecule is COc1cc(F)cc(CNC(C)=O)c1. The topological polar surface area (TPSA) is 38.3 Å². The van der Waals surface area contributed by atoms with E-state index in [0.717, 1.165) is 0 Å². The molecule has 0 bridgehead atoms. The van der Waals surface area contributed by atoms with Crippen LogP contribution >= 0.6 is 0 Å². The third-order valence-electron chi connectivity index (χ3n) is 1.71. The highest BCUT2D eigenvalue weighted by atomic mass is 19.1. The standard InChI is InChI=1S/C10H12FNO2/c1-7(13)12-6-8-3-9(11)5-10(4-8)14-2/h3-5H,6H2,1-2H3,(H,12,13).